The van der Waals surface area contributed by atoms with Crippen molar-refractivity contribution in [3.63, 3.8) is 0 Å². The van der Waals surface area contributed by atoms with Crippen LogP contribution in [0.25, 0.3) is 17.1 Å². The lowest BCUT2D eigenvalue weighted by molar-refractivity contribution is -0.117. The number of nitrogens with zero attached hydrogens (tertiary/aromatic N) is 3. The summed E-state index contributed by atoms with van der Waals surface area (Å²) in [7, 11) is 1.50. The van der Waals surface area contributed by atoms with E-state index in [-0.39, 0.29) is 17.3 Å². The molecule has 6 nitrogen and oxygen atoms in total. The lowest BCUT2D eigenvalue weighted by atomic mass is 9.92. The van der Waals surface area contributed by atoms with E-state index in [0.717, 1.165) is 11.3 Å². The molecule has 0 fully saturated rings. The first kappa shape index (κ1) is 21.1. The first-order valence-electron chi connectivity index (χ1n) is 9.03. The van der Waals surface area contributed by atoms with Crippen molar-refractivity contribution >= 4 is 34.8 Å². The molecule has 1 heterocycles. The van der Waals surface area contributed by atoms with Crippen LogP contribution in [0.15, 0.2) is 42.5 Å². The van der Waals surface area contributed by atoms with Crippen LogP contribution in [-0.2, 0) is 4.79 Å². The van der Waals surface area contributed by atoms with E-state index in [1.807, 2.05) is 51.1 Å². The van der Waals surface area contributed by atoms with Crippen LogP contribution in [-0.4, -0.2) is 27.8 Å². The molecular formula is C21H22Cl2N4O2. The van der Waals surface area contributed by atoms with Crippen LogP contribution in [0.5, 0.6) is 6.01 Å². The Balaban J connectivity index is 1.97. The Morgan fingerprint density at radius 3 is 2.55 bits per heavy atom. The van der Waals surface area contributed by atoms with Gasteiger partial charge in [0.1, 0.15) is 0 Å². The number of nitrogens with one attached hydrogen (secondary N) is 1. The third-order valence-corrected chi connectivity index (χ3v) is 4.75. The summed E-state index contributed by atoms with van der Waals surface area (Å²) >= 11 is 12.2. The van der Waals surface area contributed by atoms with Crippen molar-refractivity contribution in [3.8, 4) is 23.1 Å². The van der Waals surface area contributed by atoms with E-state index in [2.05, 4.69) is 15.4 Å². The van der Waals surface area contributed by atoms with Crippen molar-refractivity contribution in [2.24, 2.45) is 5.41 Å². The molecule has 0 aliphatic carbocycles. The van der Waals surface area contributed by atoms with Gasteiger partial charge >= 0.3 is 6.01 Å². The Bertz CT molecular complexity index is 1040. The molecule has 1 aromatic heterocycles. The van der Waals surface area contributed by atoms with Gasteiger partial charge in [-0.05, 0) is 41.8 Å². The fourth-order valence-corrected chi connectivity index (χ4v) is 3.08. The Hall–Kier alpha value is -2.57. The smallest absolute Gasteiger partial charge is 0.336 e. The summed E-state index contributed by atoms with van der Waals surface area (Å²) < 4.78 is 6.85. The maximum Gasteiger partial charge on any atom is 0.336 e. The fourth-order valence-electron chi connectivity index (χ4n) is 2.78. The van der Waals surface area contributed by atoms with E-state index >= 15 is 0 Å². The first-order chi connectivity index (χ1) is 13.7. The molecule has 1 amide bonds. The van der Waals surface area contributed by atoms with Crippen LogP contribution in [0, 0.1) is 5.41 Å². The summed E-state index contributed by atoms with van der Waals surface area (Å²) in [5, 5.41) is 8.21. The molecule has 0 radical (unpaired) electrons. The lowest BCUT2D eigenvalue weighted by Crippen LogP contribution is -2.19. The van der Waals surface area contributed by atoms with Gasteiger partial charge in [0.05, 0.1) is 22.8 Å². The summed E-state index contributed by atoms with van der Waals surface area (Å²) in [6.45, 7) is 6.07. The normalized spacial score (nSPS) is 11.4. The van der Waals surface area contributed by atoms with E-state index in [1.54, 1.807) is 16.8 Å². The molecule has 1 N–H and O–H groups in total. The summed E-state index contributed by atoms with van der Waals surface area (Å²) in [5.41, 5.74) is 2.03. The van der Waals surface area contributed by atoms with Crippen LogP contribution in [0.3, 0.4) is 0 Å². The molecule has 0 atom stereocenters. The zero-order chi connectivity index (χ0) is 21.2. The predicted octanol–water partition coefficient (Wildman–Crippen LogP) is 5.62. The summed E-state index contributed by atoms with van der Waals surface area (Å²) in [6.07, 6.45) is 0.420. The quantitative estimate of drug-likeness (QED) is 0.567. The van der Waals surface area contributed by atoms with Gasteiger partial charge in [-0.3, -0.25) is 4.79 Å². The molecule has 0 saturated heterocycles. The second kappa shape index (κ2) is 8.43. The number of hydrogen-bond donors (Lipinski definition) is 1. The molecule has 0 unspecified atom stereocenters. The van der Waals surface area contributed by atoms with Crippen LogP contribution in [0.2, 0.25) is 10.0 Å². The maximum atomic E-state index is 12.3. The summed E-state index contributed by atoms with van der Waals surface area (Å²) in [4.78, 5) is 16.7. The highest BCUT2D eigenvalue weighted by Gasteiger charge is 2.18. The Labute approximate surface area is 179 Å². The van der Waals surface area contributed by atoms with Gasteiger partial charge in [0.2, 0.25) is 5.91 Å². The molecule has 0 aliphatic rings. The molecule has 152 valence electrons. The zero-order valence-electron chi connectivity index (χ0n) is 16.7. The third-order valence-electron chi connectivity index (χ3n) is 4.01. The van der Waals surface area contributed by atoms with Crippen LogP contribution >= 0.6 is 23.2 Å². The van der Waals surface area contributed by atoms with Gasteiger partial charge in [-0.2, -0.15) is 4.98 Å². The van der Waals surface area contributed by atoms with Gasteiger partial charge in [0.15, 0.2) is 5.82 Å². The number of carbonyl (C=O) groups is 1. The molecule has 3 aromatic rings. The highest BCUT2D eigenvalue weighted by molar-refractivity contribution is 6.42. The number of amides is 1. The van der Waals surface area contributed by atoms with Gasteiger partial charge in [-0.1, -0.05) is 50.0 Å². The fraction of sp³-hybridized carbons (Fsp3) is 0.286. The van der Waals surface area contributed by atoms with Crippen molar-refractivity contribution in [1.29, 1.82) is 0 Å². The maximum absolute atomic E-state index is 12.3. The number of carbonyl (C=O) groups excluding carboxylic acids is 1. The number of benzene rings is 2. The standard InChI is InChI=1S/C21H22Cl2N4O2/c1-21(2,3)12-18(28)24-14-6-5-7-15(11-14)27-19(25-20(26-27)29-4)13-8-9-16(22)17(23)10-13/h5-11H,12H2,1-4H3,(H,24,28). The highest BCUT2D eigenvalue weighted by Crippen LogP contribution is 2.30. The van der Waals surface area contributed by atoms with Crippen molar-refractivity contribution in [3.05, 3.63) is 52.5 Å². The van der Waals surface area contributed by atoms with Crippen LogP contribution < -0.4 is 10.1 Å². The zero-order valence-corrected chi connectivity index (χ0v) is 18.2. The Morgan fingerprint density at radius 1 is 1.14 bits per heavy atom. The Kier molecular flexibility index (Phi) is 6.15. The number of aromatic nitrogens is 3. The molecular weight excluding hydrogens is 411 g/mol. The SMILES string of the molecule is COc1nc(-c2ccc(Cl)c(Cl)c2)n(-c2cccc(NC(=O)CC(C)(C)C)c2)n1. The van der Waals surface area contributed by atoms with Gasteiger partial charge in [0, 0.05) is 17.7 Å². The van der Waals surface area contributed by atoms with E-state index in [1.165, 1.54) is 7.11 Å². The largest absolute Gasteiger partial charge is 0.466 e. The van der Waals surface area contributed by atoms with Crippen molar-refractivity contribution < 1.29 is 9.53 Å². The Morgan fingerprint density at radius 2 is 1.90 bits per heavy atom. The van der Waals surface area contributed by atoms with Gasteiger partial charge < -0.3 is 10.1 Å². The molecule has 0 aliphatic heterocycles. The highest BCUT2D eigenvalue weighted by atomic mass is 35.5. The molecule has 8 heteroatoms. The number of anilines is 1. The van der Waals surface area contributed by atoms with Crippen molar-refractivity contribution in [1.82, 2.24) is 14.8 Å². The molecule has 29 heavy (non-hydrogen) atoms. The monoisotopic (exact) mass is 432 g/mol. The van der Waals surface area contributed by atoms with E-state index in [9.17, 15) is 4.79 Å². The van der Waals surface area contributed by atoms with Crippen LogP contribution in [0.1, 0.15) is 27.2 Å². The number of ether oxygens (including phenoxy) is 1. The average molecular weight is 433 g/mol. The minimum absolute atomic E-state index is 0.0458. The molecule has 0 saturated carbocycles. The molecule has 2 aromatic carbocycles. The molecule has 3 rings (SSSR count). The average Bonchev–Trinajstić information content (AvgIpc) is 3.07. The number of rotatable bonds is 5. The van der Waals surface area contributed by atoms with Crippen LogP contribution in [0.4, 0.5) is 5.69 Å². The summed E-state index contributed by atoms with van der Waals surface area (Å²) in [6, 6.07) is 12.8. The minimum atomic E-state index is -0.0953. The predicted molar refractivity (Wildman–Crippen MR) is 116 cm³/mol. The molecule has 0 bridgehead atoms. The van der Waals surface area contributed by atoms with E-state index in [0.29, 0.717) is 28.0 Å². The van der Waals surface area contributed by atoms with E-state index < -0.39 is 0 Å². The minimum Gasteiger partial charge on any atom is -0.466 e. The topological polar surface area (TPSA) is 69.0 Å². The summed E-state index contributed by atoms with van der Waals surface area (Å²) in [5.74, 6) is 0.495. The van der Waals surface area contributed by atoms with Gasteiger partial charge in [-0.15, -0.1) is 5.10 Å². The van der Waals surface area contributed by atoms with E-state index in [4.69, 9.17) is 27.9 Å². The number of hydrogen-bond acceptors (Lipinski definition) is 4. The van der Waals surface area contributed by atoms with Gasteiger partial charge in [0.25, 0.3) is 0 Å². The second-order valence-corrected chi connectivity index (χ2v) is 8.61. The second-order valence-electron chi connectivity index (χ2n) is 7.80. The number of methoxy groups -OCH3 is 1. The first-order valence-corrected chi connectivity index (χ1v) is 9.78. The molecule has 0 spiro atoms. The van der Waals surface area contributed by atoms with Crippen molar-refractivity contribution in [2.75, 3.05) is 12.4 Å². The van der Waals surface area contributed by atoms with Gasteiger partial charge in [-0.25, -0.2) is 4.68 Å². The third kappa shape index (κ3) is 5.28. The number of halogens is 2. The van der Waals surface area contributed by atoms with Crippen molar-refractivity contribution in [2.45, 2.75) is 27.2 Å². The lowest BCUT2D eigenvalue weighted by Gasteiger charge is -2.17.